The van der Waals surface area contributed by atoms with Crippen molar-refractivity contribution in [2.45, 2.75) is 49.8 Å². The summed E-state index contributed by atoms with van der Waals surface area (Å²) in [5.74, 6) is 2.82. The standard InChI is InChI=1S/C15H19Br2ClS/c16-14(13-8-12(18)15(17)19-13)11-6-5-9-3-1-2-4-10(9)7-11/h8-11,14H,1-7H2. The van der Waals surface area contributed by atoms with Crippen LogP contribution in [0.15, 0.2) is 9.85 Å². The highest BCUT2D eigenvalue weighted by Gasteiger charge is 2.35. The molecule has 4 unspecified atom stereocenters. The van der Waals surface area contributed by atoms with Crippen LogP contribution < -0.4 is 0 Å². The Bertz CT molecular complexity index is 426. The Morgan fingerprint density at radius 1 is 1.16 bits per heavy atom. The van der Waals surface area contributed by atoms with Gasteiger partial charge in [0, 0.05) is 4.88 Å². The number of alkyl halides is 1. The molecule has 0 aliphatic heterocycles. The van der Waals surface area contributed by atoms with Crippen LogP contribution in [-0.4, -0.2) is 0 Å². The van der Waals surface area contributed by atoms with Crippen LogP contribution in [0.2, 0.25) is 5.02 Å². The highest BCUT2D eigenvalue weighted by Crippen LogP contribution is 2.50. The Kier molecular flexibility index (Phi) is 4.99. The van der Waals surface area contributed by atoms with Crippen LogP contribution in [0.5, 0.6) is 0 Å². The second kappa shape index (κ2) is 6.37. The van der Waals surface area contributed by atoms with Gasteiger partial charge >= 0.3 is 0 Å². The summed E-state index contributed by atoms with van der Waals surface area (Å²) in [5, 5.41) is 0.857. The van der Waals surface area contributed by atoms with Gasteiger partial charge in [-0.2, -0.15) is 0 Å². The zero-order valence-electron chi connectivity index (χ0n) is 10.9. The molecular weight excluding hydrogens is 407 g/mol. The second-order valence-electron chi connectivity index (χ2n) is 6.05. The summed E-state index contributed by atoms with van der Waals surface area (Å²) < 4.78 is 1.07. The Labute approximate surface area is 141 Å². The van der Waals surface area contributed by atoms with E-state index in [1.54, 1.807) is 11.3 Å². The molecule has 0 nitrogen and oxygen atoms in total. The van der Waals surface area contributed by atoms with Crippen molar-refractivity contribution in [1.82, 2.24) is 0 Å². The lowest BCUT2D eigenvalue weighted by molar-refractivity contribution is 0.129. The predicted octanol–water partition coefficient (Wildman–Crippen LogP) is 7.21. The molecule has 106 valence electrons. The van der Waals surface area contributed by atoms with Gasteiger partial charge in [-0.15, -0.1) is 11.3 Å². The van der Waals surface area contributed by atoms with Gasteiger partial charge in [0.1, 0.15) is 0 Å². The molecule has 2 aliphatic rings. The lowest BCUT2D eigenvalue weighted by Crippen LogP contribution is -2.29. The zero-order chi connectivity index (χ0) is 13.4. The maximum atomic E-state index is 6.17. The highest BCUT2D eigenvalue weighted by atomic mass is 79.9. The van der Waals surface area contributed by atoms with Gasteiger partial charge in [-0.05, 0) is 59.0 Å². The van der Waals surface area contributed by atoms with Crippen LogP contribution in [0.3, 0.4) is 0 Å². The van der Waals surface area contributed by atoms with Crippen molar-refractivity contribution >= 4 is 54.8 Å². The largest absolute Gasteiger partial charge is 0.130 e. The minimum Gasteiger partial charge on any atom is -0.130 e. The third kappa shape index (κ3) is 3.25. The number of rotatable bonds is 2. The minimum atomic E-state index is 0.490. The molecule has 1 aromatic heterocycles. The summed E-state index contributed by atoms with van der Waals surface area (Å²) >= 11 is 15.4. The summed E-state index contributed by atoms with van der Waals surface area (Å²) in [4.78, 5) is 1.88. The van der Waals surface area contributed by atoms with Gasteiger partial charge in [0.15, 0.2) is 0 Å². The van der Waals surface area contributed by atoms with Gasteiger partial charge in [0.25, 0.3) is 0 Å². The Morgan fingerprint density at radius 2 is 1.89 bits per heavy atom. The Balaban J connectivity index is 1.68. The first-order valence-electron chi connectivity index (χ1n) is 7.24. The van der Waals surface area contributed by atoms with E-state index in [0.717, 1.165) is 26.6 Å². The molecule has 19 heavy (non-hydrogen) atoms. The van der Waals surface area contributed by atoms with Gasteiger partial charge in [0.05, 0.1) is 13.6 Å². The molecule has 0 spiro atoms. The van der Waals surface area contributed by atoms with Crippen LogP contribution in [0, 0.1) is 17.8 Å². The number of halogens is 3. The van der Waals surface area contributed by atoms with E-state index in [9.17, 15) is 0 Å². The van der Waals surface area contributed by atoms with E-state index in [4.69, 9.17) is 11.6 Å². The lowest BCUT2D eigenvalue weighted by Gasteiger charge is -2.40. The third-order valence-corrected chi connectivity index (χ3v) is 9.03. The van der Waals surface area contributed by atoms with Crippen molar-refractivity contribution in [2.75, 3.05) is 0 Å². The van der Waals surface area contributed by atoms with E-state index in [-0.39, 0.29) is 0 Å². The van der Waals surface area contributed by atoms with Crippen LogP contribution >= 0.6 is 54.8 Å². The van der Waals surface area contributed by atoms with Crippen LogP contribution in [0.1, 0.15) is 54.7 Å². The molecule has 2 fully saturated rings. The fraction of sp³-hybridized carbons (Fsp3) is 0.733. The molecule has 0 radical (unpaired) electrons. The van der Waals surface area contributed by atoms with Crippen LogP contribution in [-0.2, 0) is 0 Å². The zero-order valence-corrected chi connectivity index (χ0v) is 15.6. The molecule has 4 heteroatoms. The average molecular weight is 427 g/mol. The topological polar surface area (TPSA) is 0 Å². The van der Waals surface area contributed by atoms with E-state index in [1.807, 2.05) is 0 Å². The van der Waals surface area contributed by atoms with Gasteiger partial charge in [-0.3, -0.25) is 0 Å². The van der Waals surface area contributed by atoms with Crippen molar-refractivity contribution in [3.63, 3.8) is 0 Å². The van der Waals surface area contributed by atoms with Gasteiger partial charge in [-0.1, -0.05) is 53.2 Å². The predicted molar refractivity (Wildman–Crippen MR) is 91.5 cm³/mol. The molecule has 0 aromatic carbocycles. The molecule has 2 aliphatic carbocycles. The first kappa shape index (κ1) is 14.9. The van der Waals surface area contributed by atoms with E-state index >= 15 is 0 Å². The SMILES string of the molecule is Clc1cc(C(Br)C2CCC3CCCCC3C2)sc1Br. The third-order valence-electron chi connectivity index (χ3n) is 4.93. The Morgan fingerprint density at radius 3 is 2.58 bits per heavy atom. The number of fused-ring (bicyclic) bond motifs is 1. The highest BCUT2D eigenvalue weighted by molar-refractivity contribution is 9.11. The average Bonchev–Trinajstić information content (AvgIpc) is 2.77. The van der Waals surface area contributed by atoms with E-state index < -0.39 is 0 Å². The van der Waals surface area contributed by atoms with Crippen molar-refractivity contribution in [1.29, 1.82) is 0 Å². The van der Waals surface area contributed by atoms with E-state index in [0.29, 0.717) is 4.83 Å². The van der Waals surface area contributed by atoms with Crippen molar-refractivity contribution < 1.29 is 0 Å². The van der Waals surface area contributed by atoms with Crippen molar-refractivity contribution in [3.8, 4) is 0 Å². The first-order valence-corrected chi connectivity index (χ1v) is 10.1. The van der Waals surface area contributed by atoms with Gasteiger partial charge < -0.3 is 0 Å². The second-order valence-corrected chi connectivity index (χ2v) is 9.85. The van der Waals surface area contributed by atoms with E-state index in [1.165, 1.54) is 49.8 Å². The van der Waals surface area contributed by atoms with Crippen LogP contribution in [0.25, 0.3) is 0 Å². The lowest BCUT2D eigenvalue weighted by atomic mass is 9.67. The molecule has 0 saturated heterocycles. The van der Waals surface area contributed by atoms with Crippen molar-refractivity contribution in [2.24, 2.45) is 17.8 Å². The molecule has 3 rings (SSSR count). The monoisotopic (exact) mass is 424 g/mol. The van der Waals surface area contributed by atoms with Crippen molar-refractivity contribution in [3.05, 3.63) is 19.8 Å². The molecular formula is C15H19Br2ClS. The molecule has 0 amide bonds. The molecule has 1 heterocycles. The summed E-state index contributed by atoms with van der Waals surface area (Å²) in [6, 6.07) is 2.13. The maximum absolute atomic E-state index is 6.17. The maximum Gasteiger partial charge on any atom is 0.0887 e. The summed E-state index contributed by atoms with van der Waals surface area (Å²) in [6.45, 7) is 0. The summed E-state index contributed by atoms with van der Waals surface area (Å²) in [7, 11) is 0. The minimum absolute atomic E-state index is 0.490. The fourth-order valence-corrected chi connectivity index (χ4v) is 6.62. The molecule has 0 bridgehead atoms. The molecule has 1 aromatic rings. The fourth-order valence-electron chi connectivity index (χ4n) is 3.91. The quantitative estimate of drug-likeness (QED) is 0.438. The molecule has 2 saturated carbocycles. The number of thiophene rings is 1. The Hall–Kier alpha value is 0.950. The first-order chi connectivity index (χ1) is 9.15. The normalized spacial score (nSPS) is 32.9. The molecule has 4 atom stereocenters. The smallest absolute Gasteiger partial charge is 0.0887 e. The summed E-state index contributed by atoms with van der Waals surface area (Å²) in [5.41, 5.74) is 0. The summed E-state index contributed by atoms with van der Waals surface area (Å²) in [6.07, 6.45) is 10.1. The van der Waals surface area contributed by atoms with Gasteiger partial charge in [0.2, 0.25) is 0 Å². The van der Waals surface area contributed by atoms with E-state index in [2.05, 4.69) is 37.9 Å². The number of hydrogen-bond acceptors (Lipinski definition) is 1. The number of hydrogen-bond donors (Lipinski definition) is 0. The molecule has 0 N–H and O–H groups in total. The van der Waals surface area contributed by atoms with Crippen LogP contribution in [0.4, 0.5) is 0 Å². The van der Waals surface area contributed by atoms with Gasteiger partial charge in [-0.25, -0.2) is 0 Å².